The van der Waals surface area contributed by atoms with Crippen LogP contribution in [0.3, 0.4) is 0 Å². The van der Waals surface area contributed by atoms with Gasteiger partial charge in [-0.05, 0) is 67.5 Å². The second kappa shape index (κ2) is 13.1. The van der Waals surface area contributed by atoms with Crippen LogP contribution in [-0.4, -0.2) is 63.5 Å². The normalized spacial score (nSPS) is 22.2. The second-order valence-electron chi connectivity index (χ2n) is 13.6. The Balaban J connectivity index is 1.28. The summed E-state index contributed by atoms with van der Waals surface area (Å²) in [6.07, 6.45) is 3.49. The molecule has 2 aliphatic rings. The summed E-state index contributed by atoms with van der Waals surface area (Å²) >= 11 is 0. The number of fused-ring (bicyclic) bond motifs is 2. The molecule has 1 amide bonds. The highest BCUT2D eigenvalue weighted by molar-refractivity contribution is 6.71. The van der Waals surface area contributed by atoms with Gasteiger partial charge in [-0.25, -0.2) is 0 Å². The van der Waals surface area contributed by atoms with Crippen LogP contribution >= 0.6 is 0 Å². The number of benzene rings is 3. The number of pyridine rings is 1. The number of hydrogen-bond acceptors (Lipinski definition) is 8. The number of methoxy groups -OCH3 is 1. The van der Waals surface area contributed by atoms with Gasteiger partial charge in [0.2, 0.25) is 0 Å². The maximum atomic E-state index is 14.9. The van der Waals surface area contributed by atoms with Gasteiger partial charge in [0.15, 0.2) is 19.7 Å². The molecule has 50 heavy (non-hydrogen) atoms. The Morgan fingerprint density at radius 3 is 2.38 bits per heavy atom. The molecular weight excluding hydrogens is 651 g/mol. The van der Waals surface area contributed by atoms with E-state index in [1.165, 1.54) is 11.7 Å². The van der Waals surface area contributed by atoms with Gasteiger partial charge in [0.05, 0.1) is 37.1 Å². The maximum absolute atomic E-state index is 14.9. The summed E-state index contributed by atoms with van der Waals surface area (Å²) in [6.45, 7) is 6.10. The molecule has 2 aliphatic heterocycles. The van der Waals surface area contributed by atoms with Crippen molar-refractivity contribution < 1.29 is 24.2 Å². The number of para-hydroxylation sites is 1. The zero-order valence-corrected chi connectivity index (χ0v) is 29.5. The predicted octanol–water partition coefficient (Wildman–Crippen LogP) is 5.13. The fourth-order valence-electron chi connectivity index (χ4n) is 7.97. The highest BCUT2D eigenvalue weighted by atomic mass is 28.4. The van der Waals surface area contributed by atoms with Crippen molar-refractivity contribution in [1.82, 2.24) is 19.6 Å². The number of aliphatic hydroxyl groups is 1. The first-order valence-electron chi connectivity index (χ1n) is 16.8. The summed E-state index contributed by atoms with van der Waals surface area (Å²) in [6, 6.07) is 28.0. The molecule has 0 aliphatic carbocycles. The summed E-state index contributed by atoms with van der Waals surface area (Å²) in [5.74, 6) is -0.743. The largest absolute Gasteiger partial charge is 0.491 e. The van der Waals surface area contributed by atoms with E-state index in [2.05, 4.69) is 10.3 Å². The Morgan fingerprint density at radius 1 is 0.980 bits per heavy atom. The molecule has 0 bridgehead atoms. The van der Waals surface area contributed by atoms with Crippen molar-refractivity contribution in [3.63, 3.8) is 0 Å². The van der Waals surface area contributed by atoms with E-state index < -0.39 is 25.9 Å². The number of aliphatic hydroxyl groups excluding tert-OH is 1. The first-order valence-corrected chi connectivity index (χ1v) is 19.9. The lowest BCUT2D eigenvalue weighted by molar-refractivity contribution is -0.145. The Kier molecular flexibility index (Phi) is 8.81. The molecule has 1 saturated heterocycles. The zero-order valence-electron chi connectivity index (χ0n) is 28.5. The van der Waals surface area contributed by atoms with E-state index in [0.29, 0.717) is 41.3 Å². The third-order valence-corrected chi connectivity index (χ3v) is 12.7. The number of anilines is 2. The van der Waals surface area contributed by atoms with Crippen molar-refractivity contribution in [3.05, 3.63) is 131 Å². The number of amides is 1. The number of carbonyl (C=O) groups excluding carboxylic acids is 1. The van der Waals surface area contributed by atoms with Crippen LogP contribution in [0.15, 0.2) is 108 Å². The number of carbonyl (C=O) groups is 1. The van der Waals surface area contributed by atoms with Crippen molar-refractivity contribution in [3.8, 4) is 11.4 Å². The van der Waals surface area contributed by atoms with Crippen molar-refractivity contribution in [2.24, 2.45) is 5.92 Å². The van der Waals surface area contributed by atoms with Gasteiger partial charge in [-0.2, -0.15) is 0 Å². The molecule has 0 saturated carbocycles. The Morgan fingerprint density at radius 2 is 1.70 bits per heavy atom. The third kappa shape index (κ3) is 5.58. The molecule has 1 spiro atoms. The zero-order chi connectivity index (χ0) is 35.2. The van der Waals surface area contributed by atoms with Gasteiger partial charge in [-0.3, -0.25) is 23.7 Å². The summed E-state index contributed by atoms with van der Waals surface area (Å²) in [7, 11) is -1.48. The van der Waals surface area contributed by atoms with Crippen LogP contribution in [-0.2, 0) is 21.7 Å². The van der Waals surface area contributed by atoms with Crippen LogP contribution in [0, 0.1) is 5.92 Å². The van der Waals surface area contributed by atoms with Crippen LogP contribution in [0.4, 0.5) is 11.4 Å². The molecule has 5 aromatic rings. The number of aryl methyl sites for hydroxylation is 1. The van der Waals surface area contributed by atoms with E-state index in [4.69, 9.17) is 9.47 Å². The standard InChI is InChI=1S/C38H41N5O6Si/c1-25-35(50(3,4)47)33(19-21-41-23-31(39-40-41)29(24-44)26-12-7-5-8-13-26)49-38(25)30-22-28(42-20-11-16-34(48-2)36(42)45)17-18-32(30)43(37(38)46)27-14-9-6-10-15-27/h5-18,20,22-23,25,29,33,35,44,47H,19,21,24H2,1-4H3/t25-,29?,33+,35-,38+/m1/s1. The van der Waals surface area contributed by atoms with Gasteiger partial charge in [0.25, 0.3) is 11.5 Å². The molecule has 2 aromatic heterocycles. The van der Waals surface area contributed by atoms with E-state index in [1.807, 2.05) is 105 Å². The van der Waals surface area contributed by atoms with E-state index in [1.54, 1.807) is 27.9 Å². The van der Waals surface area contributed by atoms with Crippen LogP contribution in [0.2, 0.25) is 18.6 Å². The third-order valence-electron chi connectivity index (χ3n) is 10.2. The summed E-state index contributed by atoms with van der Waals surface area (Å²) in [5.41, 5.74) is 2.13. The maximum Gasteiger partial charge on any atom is 0.297 e. The summed E-state index contributed by atoms with van der Waals surface area (Å²) in [4.78, 5) is 41.7. The number of ether oxygens (including phenoxy) is 2. The minimum atomic E-state index is -2.94. The minimum absolute atomic E-state index is 0.107. The van der Waals surface area contributed by atoms with Gasteiger partial charge in [-0.1, -0.05) is 60.7 Å². The smallest absolute Gasteiger partial charge is 0.297 e. The fraction of sp³-hybridized carbons (Fsp3) is 0.316. The topological polar surface area (TPSA) is 132 Å². The molecule has 12 heteroatoms. The molecular formula is C38H41N5O6Si. The Hall–Kier alpha value is -4.88. The summed E-state index contributed by atoms with van der Waals surface area (Å²) < 4.78 is 15.6. The molecule has 11 nitrogen and oxygen atoms in total. The van der Waals surface area contributed by atoms with E-state index >= 15 is 0 Å². The Bertz CT molecular complexity index is 2060. The van der Waals surface area contributed by atoms with Gasteiger partial charge >= 0.3 is 0 Å². The molecule has 1 unspecified atom stereocenters. The fourth-order valence-corrected chi connectivity index (χ4v) is 10.6. The minimum Gasteiger partial charge on any atom is -0.491 e. The average Bonchev–Trinajstić information content (AvgIpc) is 3.78. The number of aromatic nitrogens is 4. The molecule has 0 radical (unpaired) electrons. The first kappa shape index (κ1) is 33.6. The van der Waals surface area contributed by atoms with Gasteiger partial charge in [0.1, 0.15) is 0 Å². The molecule has 5 atom stereocenters. The average molecular weight is 692 g/mol. The van der Waals surface area contributed by atoms with E-state index in [9.17, 15) is 19.5 Å². The quantitative estimate of drug-likeness (QED) is 0.193. The second-order valence-corrected chi connectivity index (χ2v) is 17.6. The first-order chi connectivity index (χ1) is 24.1. The molecule has 1 fully saturated rings. The van der Waals surface area contributed by atoms with Crippen LogP contribution < -0.4 is 15.2 Å². The van der Waals surface area contributed by atoms with E-state index in [-0.39, 0.29) is 35.3 Å². The van der Waals surface area contributed by atoms with Crippen LogP contribution in [0.1, 0.15) is 36.1 Å². The molecule has 2 N–H and O–H groups in total. The molecule has 3 aromatic carbocycles. The summed E-state index contributed by atoms with van der Waals surface area (Å²) in [5, 5.41) is 18.9. The highest BCUT2D eigenvalue weighted by Crippen LogP contribution is 2.61. The lowest BCUT2D eigenvalue weighted by Gasteiger charge is -2.32. The molecule has 7 rings (SSSR count). The number of rotatable bonds is 10. The van der Waals surface area contributed by atoms with Gasteiger partial charge in [0, 0.05) is 47.3 Å². The lowest BCUT2D eigenvalue weighted by atomic mass is 9.82. The lowest BCUT2D eigenvalue weighted by Crippen LogP contribution is -2.45. The SMILES string of the molecule is COc1cccn(-c2ccc3c(c2)[C@]2(O[C@@H](CCn4cc(C(CO)c5ccccc5)nn4)[C@H]([Si](C)(C)O)[C@H]2C)C(=O)N3c2ccccc2)c1=O. The van der Waals surface area contributed by atoms with Gasteiger partial charge < -0.3 is 19.4 Å². The van der Waals surface area contributed by atoms with Crippen LogP contribution in [0.5, 0.6) is 5.75 Å². The predicted molar refractivity (Wildman–Crippen MR) is 191 cm³/mol. The number of hydrogen-bond donors (Lipinski definition) is 2. The van der Waals surface area contributed by atoms with Crippen molar-refractivity contribution in [2.45, 2.75) is 56.1 Å². The van der Waals surface area contributed by atoms with Crippen LogP contribution in [0.25, 0.3) is 5.69 Å². The highest BCUT2D eigenvalue weighted by Gasteiger charge is 2.66. The van der Waals surface area contributed by atoms with Crippen molar-refractivity contribution in [1.29, 1.82) is 0 Å². The number of nitrogens with zero attached hydrogens (tertiary/aromatic N) is 5. The van der Waals surface area contributed by atoms with Crippen molar-refractivity contribution >= 4 is 25.6 Å². The monoisotopic (exact) mass is 691 g/mol. The molecule has 258 valence electrons. The molecule has 4 heterocycles. The van der Waals surface area contributed by atoms with Crippen molar-refractivity contribution in [2.75, 3.05) is 18.6 Å². The van der Waals surface area contributed by atoms with E-state index in [0.717, 1.165) is 5.56 Å². The Labute approximate surface area is 291 Å². The van der Waals surface area contributed by atoms with Gasteiger partial charge in [-0.15, -0.1) is 5.10 Å².